The van der Waals surface area contributed by atoms with E-state index in [1.54, 1.807) is 0 Å². The van der Waals surface area contributed by atoms with E-state index in [0.717, 1.165) is 0 Å². The molecule has 0 aliphatic heterocycles. The van der Waals surface area contributed by atoms with E-state index in [1.165, 1.54) is 0 Å². The number of hydrogen-bond acceptors (Lipinski definition) is 4. The molecule has 0 aliphatic carbocycles. The van der Waals surface area contributed by atoms with Crippen LogP contribution in [0.25, 0.3) is 0 Å². The van der Waals surface area contributed by atoms with Crippen molar-refractivity contribution in [3.63, 3.8) is 0 Å². The molecule has 0 N–H and O–H groups in total. The second kappa shape index (κ2) is 5.33. The van der Waals surface area contributed by atoms with Crippen molar-refractivity contribution in [3.05, 3.63) is 0 Å². The van der Waals surface area contributed by atoms with Crippen LogP contribution in [0.15, 0.2) is 0 Å². The molecule has 0 atom stereocenters. The van der Waals surface area contributed by atoms with Crippen molar-refractivity contribution in [2.45, 2.75) is 0 Å². The van der Waals surface area contributed by atoms with E-state index >= 15 is 0 Å². The Labute approximate surface area is 68.7 Å². The summed E-state index contributed by atoms with van der Waals surface area (Å²) in [4.78, 5) is 0. The molecule has 0 aromatic carbocycles. The first-order valence-corrected chi connectivity index (χ1v) is 2.00. The predicted octanol–water partition coefficient (Wildman–Crippen LogP) is -2.26. The Bertz CT molecular complexity index is 94.9. The van der Waals surface area contributed by atoms with Crippen molar-refractivity contribution >= 4 is 34.3 Å². The first-order chi connectivity index (χ1) is 2.00. The maximum absolute atomic E-state index is 8.52. The monoisotopic (exact) mass is 281 g/mol. The van der Waals surface area contributed by atoms with Crippen molar-refractivity contribution in [1.29, 1.82) is 0 Å². The molecule has 0 bridgehead atoms. The fourth-order valence-corrected chi connectivity index (χ4v) is 0. The van der Waals surface area contributed by atoms with Crippen LogP contribution in [0.5, 0.6) is 0 Å². The second-order valence-electron chi connectivity index (χ2n) is 0.408. The molecule has 0 aromatic heterocycles. The summed E-state index contributed by atoms with van der Waals surface area (Å²) in [6.07, 6.45) is 0. The van der Waals surface area contributed by atoms with Gasteiger partial charge >= 0.3 is 41.0 Å². The number of hydrogen-bond donors (Lipinski definition) is 0. The van der Waals surface area contributed by atoms with Gasteiger partial charge in [-0.05, 0) is 0 Å². The summed E-state index contributed by atoms with van der Waals surface area (Å²) in [5.41, 5.74) is 0. The Balaban J connectivity index is -0.0000000800. The van der Waals surface area contributed by atoms with Crippen LogP contribution < -0.4 is 0 Å². The zero-order valence-corrected chi connectivity index (χ0v) is 8.84. The molecule has 3 radical (unpaired) electrons. The molecule has 7 heavy (non-hydrogen) atoms. The van der Waals surface area contributed by atoms with Gasteiger partial charge in [-0.1, -0.05) is 0 Å². The third-order valence-electron chi connectivity index (χ3n) is 0. The van der Waals surface area contributed by atoms with E-state index in [-0.39, 0.29) is 41.0 Å². The molecule has 0 saturated heterocycles. The first kappa shape index (κ1) is 15.7. The summed E-state index contributed by atoms with van der Waals surface area (Å²) in [7, 11) is -5.17. The fraction of sp³-hybridized carbons (Fsp3) is 0. The van der Waals surface area contributed by atoms with Gasteiger partial charge in [-0.15, -0.1) is 0 Å². The van der Waals surface area contributed by atoms with Crippen LogP contribution >= 0.6 is 0 Å². The van der Waals surface area contributed by atoms with Crippen LogP contribution in [0.4, 0.5) is 0 Å². The van der Waals surface area contributed by atoms with Crippen molar-refractivity contribution in [2.24, 2.45) is 0 Å². The van der Waals surface area contributed by atoms with Crippen molar-refractivity contribution in [3.8, 4) is 0 Å². The maximum atomic E-state index is 8.52. The summed E-state index contributed by atoms with van der Waals surface area (Å²) in [6, 6.07) is 0. The molecule has 0 amide bonds. The minimum atomic E-state index is -5.17. The summed E-state index contributed by atoms with van der Waals surface area (Å²) in [5, 5.41) is 0. The van der Waals surface area contributed by atoms with Gasteiger partial charge < -0.3 is 9.11 Å². The molecule has 4 nitrogen and oxygen atoms in total. The van der Waals surface area contributed by atoms with Crippen LogP contribution in [-0.2, 0) is 27.5 Å². The van der Waals surface area contributed by atoms with E-state index in [4.69, 9.17) is 17.5 Å². The molecular weight excluding hydrogens is 278 g/mol. The van der Waals surface area contributed by atoms with Crippen molar-refractivity contribution in [1.82, 2.24) is 0 Å². The third kappa shape index (κ3) is 137. The van der Waals surface area contributed by atoms with Gasteiger partial charge in [-0.2, -0.15) is 0 Å². The second-order valence-corrected chi connectivity index (χ2v) is 1.22. The zero-order chi connectivity index (χ0) is 4.50. The summed E-state index contributed by atoms with van der Waals surface area (Å²) < 4.78 is 34.1. The van der Waals surface area contributed by atoms with Crippen LogP contribution in [0.3, 0.4) is 0 Å². The van der Waals surface area contributed by atoms with Gasteiger partial charge in [0.25, 0.3) is 0 Å². The molecule has 0 aliphatic rings. The molecule has 7 heteroatoms. The molecule has 47 valence electrons. The van der Waals surface area contributed by atoms with Gasteiger partial charge in [0.05, 0.1) is 0 Å². The van der Waals surface area contributed by atoms with Gasteiger partial charge in [0.2, 0.25) is 0 Å². The summed E-state index contributed by atoms with van der Waals surface area (Å²) in [5.74, 6) is 0. The van der Waals surface area contributed by atoms with Crippen LogP contribution in [0, 0.1) is 0 Å². The Morgan fingerprint density at radius 3 is 1.14 bits per heavy atom. The Hall–Kier alpha value is 1.19. The van der Waals surface area contributed by atoms with Crippen LogP contribution in [-0.4, -0.2) is 41.4 Å². The Morgan fingerprint density at radius 1 is 1.14 bits per heavy atom. The summed E-state index contributed by atoms with van der Waals surface area (Å²) in [6.45, 7) is 0. The molecular formula is H2CuO4SSn. The quantitative estimate of drug-likeness (QED) is 0.285. The zero-order valence-electron chi connectivity index (χ0n) is 3.05. The average Bonchev–Trinajstić information content (AvgIpc) is 0.722. The molecule has 0 fully saturated rings. The van der Waals surface area contributed by atoms with E-state index in [9.17, 15) is 0 Å². The Kier molecular flexibility index (Phi) is 12.0. The predicted molar refractivity (Wildman–Crippen MR) is 19.0 cm³/mol. The normalized spacial score (nSPS) is 8.29. The molecule has 0 spiro atoms. The van der Waals surface area contributed by atoms with Crippen molar-refractivity contribution < 1.29 is 34.6 Å². The minimum absolute atomic E-state index is 0. The van der Waals surface area contributed by atoms with E-state index in [2.05, 4.69) is 0 Å². The third-order valence-corrected chi connectivity index (χ3v) is 0. The number of rotatable bonds is 0. The van der Waals surface area contributed by atoms with Crippen LogP contribution in [0.2, 0.25) is 0 Å². The van der Waals surface area contributed by atoms with E-state index in [0.29, 0.717) is 0 Å². The van der Waals surface area contributed by atoms with E-state index in [1.807, 2.05) is 0 Å². The fourth-order valence-electron chi connectivity index (χ4n) is 0. The standard InChI is InChI=1S/Cu.H2O4S.Sn.2H/c;1-5(2,3)4;;;/h;(H2,1,2,3,4);;;/q+2;;;;/p-2. The molecule has 0 unspecified atom stereocenters. The van der Waals surface area contributed by atoms with Crippen LogP contribution in [0.1, 0.15) is 0 Å². The topological polar surface area (TPSA) is 80.3 Å². The molecule has 0 saturated carbocycles. The van der Waals surface area contributed by atoms with E-state index < -0.39 is 10.4 Å². The molecule has 0 heterocycles. The van der Waals surface area contributed by atoms with Gasteiger partial charge in [0.1, 0.15) is 0 Å². The molecule has 0 rings (SSSR count). The Morgan fingerprint density at radius 2 is 1.14 bits per heavy atom. The molecule has 0 aromatic rings. The van der Waals surface area contributed by atoms with Crippen molar-refractivity contribution in [2.75, 3.05) is 0 Å². The van der Waals surface area contributed by atoms with Gasteiger partial charge in [0.15, 0.2) is 0 Å². The summed E-state index contributed by atoms with van der Waals surface area (Å²) >= 11 is 0. The first-order valence-electron chi connectivity index (χ1n) is 0.667. The van der Waals surface area contributed by atoms with Gasteiger partial charge in [0, 0.05) is 10.4 Å². The van der Waals surface area contributed by atoms with Gasteiger partial charge in [-0.3, -0.25) is 8.42 Å². The van der Waals surface area contributed by atoms with Gasteiger partial charge in [-0.25, -0.2) is 0 Å². The SMILES string of the molecule is O=S(=O)([O-])[O-].[Cu+2].[SnH2]. The average molecular weight is 280 g/mol.